The minimum Gasteiger partial charge on any atom is -0.508 e. The fourth-order valence-electron chi connectivity index (χ4n) is 3.29. The van der Waals surface area contributed by atoms with Crippen molar-refractivity contribution in [2.45, 2.75) is 25.9 Å². The predicted octanol–water partition coefficient (Wildman–Crippen LogP) is 3.73. The lowest BCUT2D eigenvalue weighted by Gasteiger charge is -2.11. The maximum Gasteiger partial charge on any atom is 0.256 e. The molecule has 3 aromatic rings. The van der Waals surface area contributed by atoms with E-state index >= 15 is 0 Å². The zero-order chi connectivity index (χ0) is 20.4. The number of phenolic OH excluding ortho intramolecular Hbond substituents is 1. The second-order valence-electron chi connectivity index (χ2n) is 7.03. The molecule has 1 fully saturated rings. The van der Waals surface area contributed by atoms with Crippen LogP contribution in [-0.4, -0.2) is 30.3 Å². The molecule has 4 rings (SSSR count). The minimum atomic E-state index is -0.394. The van der Waals surface area contributed by atoms with Crippen LogP contribution in [0.3, 0.4) is 0 Å². The van der Waals surface area contributed by atoms with Crippen LogP contribution in [-0.2, 0) is 4.74 Å². The molecule has 0 spiro atoms. The third-order valence-corrected chi connectivity index (χ3v) is 4.95. The van der Waals surface area contributed by atoms with Gasteiger partial charge in [0.25, 0.3) is 5.91 Å². The molecule has 0 bridgehead atoms. The highest BCUT2D eigenvalue weighted by atomic mass is 19.1. The van der Waals surface area contributed by atoms with Gasteiger partial charge in [-0.2, -0.15) is 0 Å². The van der Waals surface area contributed by atoms with Crippen LogP contribution in [0.5, 0.6) is 5.75 Å². The van der Waals surface area contributed by atoms with Gasteiger partial charge in [-0.05, 0) is 50.1 Å². The summed E-state index contributed by atoms with van der Waals surface area (Å²) in [6.07, 6.45) is 1.88. The van der Waals surface area contributed by atoms with Crippen molar-refractivity contribution in [3.8, 4) is 5.75 Å². The van der Waals surface area contributed by atoms with Crippen LogP contribution < -0.4 is 10.9 Å². The fraction of sp³-hybridized carbons (Fsp3) is 0.273. The average molecular weight is 396 g/mol. The van der Waals surface area contributed by atoms with E-state index in [2.05, 4.69) is 10.3 Å². The number of halogens is 1. The summed E-state index contributed by atoms with van der Waals surface area (Å²) in [4.78, 5) is 17.3. The zero-order valence-electron chi connectivity index (χ0n) is 15.9. The average Bonchev–Trinajstić information content (AvgIpc) is 3.23. The van der Waals surface area contributed by atoms with Crippen molar-refractivity contribution in [1.82, 2.24) is 5.32 Å². The van der Waals surface area contributed by atoms with Crippen LogP contribution in [0.1, 0.15) is 28.8 Å². The Morgan fingerprint density at radius 1 is 1.31 bits per heavy atom. The number of aromatic hydroxyl groups is 1. The van der Waals surface area contributed by atoms with Crippen molar-refractivity contribution < 1.29 is 23.4 Å². The van der Waals surface area contributed by atoms with E-state index in [9.17, 15) is 14.3 Å². The third-order valence-electron chi connectivity index (χ3n) is 4.95. The van der Waals surface area contributed by atoms with Crippen molar-refractivity contribution in [3.63, 3.8) is 0 Å². The second kappa shape index (κ2) is 8.05. The van der Waals surface area contributed by atoms with Crippen LogP contribution in [0, 0.1) is 12.7 Å². The summed E-state index contributed by atoms with van der Waals surface area (Å²) < 4.78 is 25.3. The van der Waals surface area contributed by atoms with E-state index in [1.807, 2.05) is 0 Å². The lowest BCUT2D eigenvalue weighted by Crippen LogP contribution is -2.34. The highest BCUT2D eigenvalue weighted by Gasteiger charge is 2.19. The summed E-state index contributed by atoms with van der Waals surface area (Å²) >= 11 is 0. The number of carbonyl (C=O) groups excluding carboxylic acids is 1. The van der Waals surface area contributed by atoms with Gasteiger partial charge in [0, 0.05) is 30.2 Å². The number of benzene rings is 2. The number of nitrogens with zero attached hydrogens (tertiary/aromatic N) is 1. The topological polar surface area (TPSA) is 84.1 Å². The number of amides is 1. The van der Waals surface area contributed by atoms with Crippen LogP contribution in [0.4, 0.5) is 10.1 Å². The Labute approximate surface area is 166 Å². The molecule has 6 nitrogen and oxygen atoms in total. The van der Waals surface area contributed by atoms with Gasteiger partial charge < -0.3 is 19.6 Å². The first-order valence-electron chi connectivity index (χ1n) is 9.48. The second-order valence-corrected chi connectivity index (χ2v) is 7.03. The van der Waals surface area contributed by atoms with Gasteiger partial charge in [0.2, 0.25) is 5.55 Å². The van der Waals surface area contributed by atoms with Crippen LogP contribution in [0.2, 0.25) is 0 Å². The van der Waals surface area contributed by atoms with Gasteiger partial charge in [0.1, 0.15) is 22.7 Å². The monoisotopic (exact) mass is 396 g/mol. The molecular weight excluding hydrogens is 375 g/mol. The Kier molecular flexibility index (Phi) is 5.31. The lowest BCUT2D eigenvalue weighted by molar-refractivity contribution is 0.0854. The summed E-state index contributed by atoms with van der Waals surface area (Å²) in [7, 11) is 0. The number of hydrogen-bond donors (Lipinski definition) is 2. The highest BCUT2D eigenvalue weighted by molar-refractivity contribution is 5.96. The van der Waals surface area contributed by atoms with Gasteiger partial charge in [0.15, 0.2) is 0 Å². The smallest absolute Gasteiger partial charge is 0.256 e. The number of nitrogens with one attached hydrogen (secondary N) is 1. The minimum absolute atomic E-state index is 0.000792. The van der Waals surface area contributed by atoms with E-state index in [1.165, 1.54) is 18.2 Å². The number of ether oxygens (including phenoxy) is 1. The number of phenols is 1. The Morgan fingerprint density at radius 3 is 2.97 bits per heavy atom. The summed E-state index contributed by atoms with van der Waals surface area (Å²) in [5.74, 6) is -0.717. The molecule has 2 heterocycles. The van der Waals surface area contributed by atoms with E-state index in [1.54, 1.807) is 31.2 Å². The SMILES string of the molecule is Cc1c(F)cccc1N=c1oc2cc(O)ccc2cc1C(=O)NCC1CCCO1. The van der Waals surface area contributed by atoms with Crippen molar-refractivity contribution >= 4 is 22.6 Å². The van der Waals surface area contributed by atoms with Gasteiger partial charge >= 0.3 is 0 Å². The predicted molar refractivity (Wildman–Crippen MR) is 106 cm³/mol. The zero-order valence-corrected chi connectivity index (χ0v) is 15.9. The van der Waals surface area contributed by atoms with Crippen molar-refractivity contribution in [2.24, 2.45) is 4.99 Å². The highest BCUT2D eigenvalue weighted by Crippen LogP contribution is 2.22. The molecule has 1 aliphatic rings. The number of fused-ring (bicyclic) bond motifs is 1. The van der Waals surface area contributed by atoms with E-state index in [-0.39, 0.29) is 28.9 Å². The largest absolute Gasteiger partial charge is 0.508 e. The summed E-state index contributed by atoms with van der Waals surface area (Å²) in [6, 6.07) is 10.8. The molecule has 1 saturated heterocycles. The molecule has 1 aliphatic heterocycles. The Balaban J connectivity index is 1.79. The third kappa shape index (κ3) is 4.14. The number of hydrogen-bond acceptors (Lipinski definition) is 5. The molecule has 7 heteroatoms. The molecule has 1 amide bonds. The van der Waals surface area contributed by atoms with Gasteiger partial charge in [-0.3, -0.25) is 4.79 Å². The quantitative estimate of drug-likeness (QED) is 0.704. The van der Waals surface area contributed by atoms with Gasteiger partial charge in [-0.25, -0.2) is 9.38 Å². The Hall–Kier alpha value is -3.19. The first-order valence-corrected chi connectivity index (χ1v) is 9.48. The molecule has 29 heavy (non-hydrogen) atoms. The number of rotatable bonds is 4. The van der Waals surface area contributed by atoms with Gasteiger partial charge in [-0.15, -0.1) is 0 Å². The van der Waals surface area contributed by atoms with E-state index < -0.39 is 5.82 Å². The lowest BCUT2D eigenvalue weighted by atomic mass is 10.1. The standard InChI is InChI=1S/C22H21FN2O4/c1-13-18(23)5-2-6-19(13)25-22-17(21(27)24-12-16-4-3-9-28-16)10-14-7-8-15(26)11-20(14)29-22/h2,5-8,10-11,16,26H,3-4,9,12H2,1H3,(H,24,27). The molecule has 2 aromatic carbocycles. The molecule has 2 N–H and O–H groups in total. The molecular formula is C22H21FN2O4. The molecule has 0 saturated carbocycles. The molecule has 0 radical (unpaired) electrons. The first-order chi connectivity index (χ1) is 14.0. The molecule has 1 atom stereocenters. The number of carbonyl (C=O) groups is 1. The summed E-state index contributed by atoms with van der Waals surface area (Å²) in [5.41, 5.74) is 1.35. The van der Waals surface area contributed by atoms with Crippen LogP contribution in [0.15, 0.2) is 51.9 Å². The van der Waals surface area contributed by atoms with Gasteiger partial charge in [0.05, 0.1) is 11.8 Å². The first kappa shape index (κ1) is 19.1. The van der Waals surface area contributed by atoms with E-state index in [0.717, 1.165) is 12.8 Å². The van der Waals surface area contributed by atoms with Crippen LogP contribution >= 0.6 is 0 Å². The Bertz CT molecular complexity index is 1130. The maximum absolute atomic E-state index is 13.9. The van der Waals surface area contributed by atoms with Crippen LogP contribution in [0.25, 0.3) is 11.0 Å². The Morgan fingerprint density at radius 2 is 2.17 bits per heavy atom. The maximum atomic E-state index is 13.9. The fourth-order valence-corrected chi connectivity index (χ4v) is 3.29. The molecule has 1 unspecified atom stereocenters. The van der Waals surface area contributed by atoms with Crippen molar-refractivity contribution in [1.29, 1.82) is 0 Å². The summed E-state index contributed by atoms with van der Waals surface area (Å²) in [6.45, 7) is 2.71. The molecule has 1 aromatic heterocycles. The van der Waals surface area contributed by atoms with E-state index in [4.69, 9.17) is 9.15 Å². The van der Waals surface area contributed by atoms with Gasteiger partial charge in [-0.1, -0.05) is 6.07 Å². The van der Waals surface area contributed by atoms with Crippen molar-refractivity contribution in [3.05, 3.63) is 65.0 Å². The normalized spacial score (nSPS) is 17.0. The molecule has 150 valence electrons. The summed E-state index contributed by atoms with van der Waals surface area (Å²) in [5, 5.41) is 13.2. The van der Waals surface area contributed by atoms with Crippen molar-refractivity contribution in [2.75, 3.05) is 13.2 Å². The van der Waals surface area contributed by atoms with E-state index in [0.29, 0.717) is 35.4 Å². The molecule has 0 aliphatic carbocycles.